The van der Waals surface area contributed by atoms with Gasteiger partial charge in [0.25, 0.3) is 0 Å². The molecule has 0 bridgehead atoms. The fourth-order valence-corrected chi connectivity index (χ4v) is 3.35. The molecule has 3 aromatic rings. The number of nitrogens with zero attached hydrogens (tertiary/aromatic N) is 8. The van der Waals surface area contributed by atoms with E-state index in [1.165, 1.54) is 12.8 Å². The minimum absolute atomic E-state index is 0.259. The molecule has 2 aliphatic heterocycles. The van der Waals surface area contributed by atoms with Crippen LogP contribution < -0.4 is 4.90 Å². The predicted octanol–water partition coefficient (Wildman–Crippen LogP) is 1.29. The van der Waals surface area contributed by atoms with Gasteiger partial charge in [-0.1, -0.05) is 0 Å². The monoisotopic (exact) mass is 294 g/mol. The summed E-state index contributed by atoms with van der Waals surface area (Å²) in [5.41, 5.74) is 0.946. The SMILES string of the molecule is c1cn(-c2ncc3c(n2)N2CCCC[C@@H]2c2nncn2-3)cn1. The molecule has 0 aromatic carbocycles. The maximum absolute atomic E-state index is 4.78. The number of rotatable bonds is 1. The van der Waals surface area contributed by atoms with Crippen molar-refractivity contribution in [3.8, 4) is 11.6 Å². The van der Waals surface area contributed by atoms with E-state index in [1.54, 1.807) is 18.9 Å². The first-order valence-corrected chi connectivity index (χ1v) is 7.44. The summed E-state index contributed by atoms with van der Waals surface area (Å²) in [6.07, 6.45) is 12.4. The van der Waals surface area contributed by atoms with Crippen molar-refractivity contribution in [2.45, 2.75) is 25.3 Å². The lowest BCUT2D eigenvalue weighted by atomic mass is 9.99. The molecule has 1 saturated heterocycles. The molecule has 110 valence electrons. The molecule has 8 heteroatoms. The lowest BCUT2D eigenvalue weighted by Crippen LogP contribution is -2.39. The third-order valence-electron chi connectivity index (χ3n) is 4.38. The van der Waals surface area contributed by atoms with Crippen molar-refractivity contribution in [1.29, 1.82) is 0 Å². The van der Waals surface area contributed by atoms with Crippen LogP contribution in [0.4, 0.5) is 5.82 Å². The highest BCUT2D eigenvalue weighted by molar-refractivity contribution is 5.62. The van der Waals surface area contributed by atoms with Crippen LogP contribution in [0, 0.1) is 0 Å². The van der Waals surface area contributed by atoms with Crippen molar-refractivity contribution in [2.24, 2.45) is 0 Å². The van der Waals surface area contributed by atoms with E-state index in [-0.39, 0.29) is 6.04 Å². The third-order valence-corrected chi connectivity index (χ3v) is 4.38. The average molecular weight is 294 g/mol. The van der Waals surface area contributed by atoms with Crippen molar-refractivity contribution in [3.63, 3.8) is 0 Å². The molecular weight excluding hydrogens is 280 g/mol. The van der Waals surface area contributed by atoms with Gasteiger partial charge in [0.15, 0.2) is 11.6 Å². The molecule has 0 amide bonds. The molecule has 22 heavy (non-hydrogen) atoms. The number of hydrogen-bond donors (Lipinski definition) is 0. The van der Waals surface area contributed by atoms with Crippen molar-refractivity contribution >= 4 is 5.82 Å². The van der Waals surface area contributed by atoms with Crippen molar-refractivity contribution in [1.82, 2.24) is 34.3 Å². The fraction of sp³-hybridized carbons (Fsp3) is 0.357. The molecule has 0 radical (unpaired) electrons. The minimum atomic E-state index is 0.259. The molecule has 0 N–H and O–H groups in total. The Labute approximate surface area is 126 Å². The summed E-state index contributed by atoms with van der Waals surface area (Å²) in [5, 5.41) is 8.39. The van der Waals surface area contributed by atoms with Crippen LogP contribution in [0.3, 0.4) is 0 Å². The van der Waals surface area contributed by atoms with E-state index in [9.17, 15) is 0 Å². The molecular formula is C14H14N8. The second kappa shape index (κ2) is 4.36. The van der Waals surface area contributed by atoms with E-state index in [1.807, 2.05) is 21.5 Å². The van der Waals surface area contributed by atoms with E-state index < -0.39 is 0 Å². The average Bonchev–Trinajstić information content (AvgIpc) is 3.26. The zero-order valence-electron chi connectivity index (χ0n) is 11.9. The number of hydrogen-bond acceptors (Lipinski definition) is 6. The molecule has 3 aromatic heterocycles. The number of aromatic nitrogens is 7. The second-order valence-electron chi connectivity index (χ2n) is 5.61. The van der Waals surface area contributed by atoms with Crippen molar-refractivity contribution in [3.05, 3.63) is 37.1 Å². The minimum Gasteiger partial charge on any atom is -0.344 e. The lowest BCUT2D eigenvalue weighted by Gasteiger charge is -2.40. The van der Waals surface area contributed by atoms with Gasteiger partial charge in [-0.3, -0.25) is 9.13 Å². The predicted molar refractivity (Wildman–Crippen MR) is 78.0 cm³/mol. The van der Waals surface area contributed by atoms with Crippen LogP contribution in [0.5, 0.6) is 0 Å². The fourth-order valence-electron chi connectivity index (χ4n) is 3.35. The summed E-state index contributed by atoms with van der Waals surface area (Å²) in [7, 11) is 0. The number of anilines is 1. The van der Waals surface area contributed by atoms with Gasteiger partial charge in [-0.15, -0.1) is 10.2 Å². The van der Waals surface area contributed by atoms with E-state index >= 15 is 0 Å². The van der Waals surface area contributed by atoms with Crippen LogP contribution in [0.15, 0.2) is 31.2 Å². The zero-order valence-corrected chi connectivity index (χ0v) is 11.9. The summed E-state index contributed by atoms with van der Waals surface area (Å²) < 4.78 is 3.83. The second-order valence-corrected chi connectivity index (χ2v) is 5.61. The first-order valence-electron chi connectivity index (χ1n) is 7.44. The van der Waals surface area contributed by atoms with E-state index in [4.69, 9.17) is 4.98 Å². The van der Waals surface area contributed by atoms with Crippen LogP contribution in [0.25, 0.3) is 11.6 Å². The molecule has 2 aliphatic rings. The van der Waals surface area contributed by atoms with Gasteiger partial charge in [0.1, 0.15) is 18.3 Å². The van der Waals surface area contributed by atoms with Crippen molar-refractivity contribution in [2.75, 3.05) is 11.4 Å². The van der Waals surface area contributed by atoms with Gasteiger partial charge in [-0.25, -0.2) is 9.97 Å². The maximum Gasteiger partial charge on any atom is 0.236 e. The number of fused-ring (bicyclic) bond motifs is 6. The Bertz CT molecular complexity index is 821. The standard InChI is InChI=1S/C14H14N8/c1-2-5-21-10(3-1)13-19-17-9-22(13)11-7-16-14(18-12(11)21)20-6-4-15-8-20/h4,6-10H,1-3,5H2/t10-/m1/s1. The molecule has 1 fully saturated rings. The topological polar surface area (TPSA) is 77.5 Å². The molecule has 5 rings (SSSR count). The molecule has 0 unspecified atom stereocenters. The Morgan fingerprint density at radius 3 is 3.09 bits per heavy atom. The van der Waals surface area contributed by atoms with E-state index in [0.717, 1.165) is 30.3 Å². The molecule has 5 heterocycles. The summed E-state index contributed by atoms with van der Waals surface area (Å²) in [6.45, 7) is 0.991. The van der Waals surface area contributed by atoms with Crippen LogP contribution >= 0.6 is 0 Å². The summed E-state index contributed by atoms with van der Waals surface area (Å²) in [4.78, 5) is 15.6. The quantitative estimate of drug-likeness (QED) is 0.673. The van der Waals surface area contributed by atoms with Gasteiger partial charge in [0, 0.05) is 18.9 Å². The highest BCUT2D eigenvalue weighted by Gasteiger charge is 2.36. The highest BCUT2D eigenvalue weighted by Crippen LogP contribution is 2.40. The number of imidazole rings is 1. The first kappa shape index (κ1) is 11.8. The van der Waals surface area contributed by atoms with Gasteiger partial charge in [0.2, 0.25) is 5.95 Å². The van der Waals surface area contributed by atoms with Crippen LogP contribution in [0.1, 0.15) is 31.1 Å². The van der Waals surface area contributed by atoms with E-state index in [0.29, 0.717) is 5.95 Å². The largest absolute Gasteiger partial charge is 0.344 e. The van der Waals surface area contributed by atoms with Gasteiger partial charge in [0.05, 0.1) is 12.2 Å². The Hall–Kier alpha value is -2.77. The van der Waals surface area contributed by atoms with Gasteiger partial charge >= 0.3 is 0 Å². The van der Waals surface area contributed by atoms with Gasteiger partial charge in [-0.2, -0.15) is 4.98 Å². The first-order chi connectivity index (χ1) is 10.9. The smallest absolute Gasteiger partial charge is 0.236 e. The Kier molecular flexibility index (Phi) is 2.35. The Morgan fingerprint density at radius 1 is 1.18 bits per heavy atom. The number of piperidine rings is 1. The Balaban J connectivity index is 1.72. The maximum atomic E-state index is 4.78. The summed E-state index contributed by atoms with van der Waals surface area (Å²) in [6, 6.07) is 0.259. The summed E-state index contributed by atoms with van der Waals surface area (Å²) in [5.74, 6) is 2.58. The lowest BCUT2D eigenvalue weighted by molar-refractivity contribution is 0.437. The third kappa shape index (κ3) is 1.54. The molecule has 1 atom stereocenters. The van der Waals surface area contributed by atoms with Crippen molar-refractivity contribution < 1.29 is 0 Å². The molecule has 0 spiro atoms. The highest BCUT2D eigenvalue weighted by atomic mass is 15.4. The van der Waals surface area contributed by atoms with E-state index in [2.05, 4.69) is 25.1 Å². The zero-order chi connectivity index (χ0) is 14.5. The normalized spacial score (nSPS) is 19.5. The van der Waals surface area contributed by atoms with Crippen LogP contribution in [0.2, 0.25) is 0 Å². The van der Waals surface area contributed by atoms with Crippen LogP contribution in [-0.2, 0) is 0 Å². The molecule has 0 saturated carbocycles. The summed E-state index contributed by atoms with van der Waals surface area (Å²) >= 11 is 0. The van der Waals surface area contributed by atoms with Gasteiger partial charge in [-0.05, 0) is 19.3 Å². The van der Waals surface area contributed by atoms with Gasteiger partial charge < -0.3 is 4.90 Å². The Morgan fingerprint density at radius 2 is 2.18 bits per heavy atom. The molecule has 0 aliphatic carbocycles. The molecule has 8 nitrogen and oxygen atoms in total. The van der Waals surface area contributed by atoms with Crippen LogP contribution in [-0.4, -0.2) is 40.8 Å².